The highest BCUT2D eigenvalue weighted by molar-refractivity contribution is 7.71. The minimum absolute atomic E-state index is 0.0513. The van der Waals surface area contributed by atoms with Gasteiger partial charge >= 0.3 is 0 Å². The molecular formula is C22H23N3O3S. The Morgan fingerprint density at radius 2 is 2.10 bits per heavy atom. The highest BCUT2D eigenvalue weighted by Gasteiger charge is 2.16. The molecule has 0 bridgehead atoms. The lowest BCUT2D eigenvalue weighted by Crippen LogP contribution is -2.18. The summed E-state index contributed by atoms with van der Waals surface area (Å²) in [6, 6.07) is 12.1. The van der Waals surface area contributed by atoms with Gasteiger partial charge in [-0.2, -0.15) is 0 Å². The second kappa shape index (κ2) is 9.34. The molecule has 0 amide bonds. The molecule has 0 fully saturated rings. The molecule has 0 saturated carbocycles. The van der Waals surface area contributed by atoms with E-state index in [1.807, 2.05) is 19.1 Å². The van der Waals surface area contributed by atoms with Crippen LogP contribution >= 0.6 is 12.2 Å². The first-order valence-corrected chi connectivity index (χ1v) is 9.69. The number of nitrogens with zero attached hydrogens (tertiary/aromatic N) is 2. The normalized spacial score (nSPS) is 12.3. The number of benzene rings is 1. The third-order valence-corrected chi connectivity index (χ3v) is 4.97. The Hall–Kier alpha value is -3.19. The summed E-state index contributed by atoms with van der Waals surface area (Å²) in [6.07, 6.45) is 5.32. The van der Waals surface area contributed by atoms with E-state index in [1.165, 1.54) is 16.3 Å². The highest BCUT2D eigenvalue weighted by Crippen LogP contribution is 2.28. The molecule has 0 spiro atoms. The lowest BCUT2D eigenvalue weighted by molar-refractivity contribution is 0.413. The summed E-state index contributed by atoms with van der Waals surface area (Å²) in [5, 5.41) is 10.4. The number of hydrogen-bond acceptors (Lipinski definition) is 5. The fourth-order valence-corrected chi connectivity index (χ4v) is 3.36. The maximum absolute atomic E-state index is 12.2. The van der Waals surface area contributed by atoms with Crippen LogP contribution in [0.2, 0.25) is 0 Å². The van der Waals surface area contributed by atoms with Gasteiger partial charge in [-0.05, 0) is 43.3 Å². The second-order valence-corrected chi connectivity index (χ2v) is 7.09. The van der Waals surface area contributed by atoms with Crippen molar-refractivity contribution in [3.8, 4) is 5.88 Å². The van der Waals surface area contributed by atoms with Gasteiger partial charge in [0.05, 0.1) is 6.26 Å². The molecular weight excluding hydrogens is 386 g/mol. The van der Waals surface area contributed by atoms with E-state index < -0.39 is 5.56 Å². The first-order chi connectivity index (χ1) is 14.0. The molecule has 2 aromatic heterocycles. The van der Waals surface area contributed by atoms with Gasteiger partial charge < -0.3 is 9.52 Å². The van der Waals surface area contributed by atoms with Crippen molar-refractivity contribution >= 4 is 18.4 Å². The monoisotopic (exact) mass is 409 g/mol. The van der Waals surface area contributed by atoms with E-state index in [4.69, 9.17) is 16.6 Å². The molecule has 3 aromatic rings. The van der Waals surface area contributed by atoms with Crippen molar-refractivity contribution in [3.63, 3.8) is 0 Å². The predicted octanol–water partition coefficient (Wildman–Crippen LogP) is 4.34. The number of aromatic nitrogens is 2. The lowest BCUT2D eigenvalue weighted by Gasteiger charge is -2.14. The van der Waals surface area contributed by atoms with Crippen LogP contribution in [-0.2, 0) is 6.54 Å². The highest BCUT2D eigenvalue weighted by atomic mass is 32.1. The van der Waals surface area contributed by atoms with Crippen molar-refractivity contribution in [2.75, 3.05) is 6.54 Å². The van der Waals surface area contributed by atoms with E-state index in [2.05, 4.69) is 40.8 Å². The van der Waals surface area contributed by atoms with E-state index in [9.17, 15) is 9.90 Å². The van der Waals surface area contributed by atoms with E-state index in [-0.39, 0.29) is 28.7 Å². The fourth-order valence-electron chi connectivity index (χ4n) is 3.11. The van der Waals surface area contributed by atoms with Crippen molar-refractivity contribution in [1.82, 2.24) is 9.55 Å². The minimum Gasteiger partial charge on any atom is -0.494 e. The predicted molar refractivity (Wildman–Crippen MR) is 117 cm³/mol. The molecule has 0 saturated heterocycles. The van der Waals surface area contributed by atoms with E-state index >= 15 is 0 Å². The molecule has 0 aliphatic carbocycles. The Balaban J connectivity index is 1.80. The van der Waals surface area contributed by atoms with Gasteiger partial charge in [0.25, 0.3) is 5.56 Å². The molecule has 2 heterocycles. The van der Waals surface area contributed by atoms with Crippen LogP contribution in [0.3, 0.4) is 0 Å². The Morgan fingerprint density at radius 3 is 2.76 bits per heavy atom. The number of furan rings is 1. The van der Waals surface area contributed by atoms with Gasteiger partial charge in [0.2, 0.25) is 5.88 Å². The van der Waals surface area contributed by atoms with Crippen molar-refractivity contribution in [2.24, 2.45) is 4.99 Å². The lowest BCUT2D eigenvalue weighted by atomic mass is 9.92. The number of aryl methyl sites for hydroxylation is 1. The Kier molecular flexibility index (Phi) is 6.61. The smallest absolute Gasteiger partial charge is 0.264 e. The summed E-state index contributed by atoms with van der Waals surface area (Å²) in [5.74, 6) is 0.697. The number of aliphatic imine (C=N–C) groups is 1. The summed E-state index contributed by atoms with van der Waals surface area (Å²) >= 11 is 5.08. The molecule has 1 atom stereocenters. The number of allylic oxidation sites excluding steroid dienone is 1. The third kappa shape index (κ3) is 4.81. The van der Waals surface area contributed by atoms with Gasteiger partial charge in [0, 0.05) is 25.2 Å². The summed E-state index contributed by atoms with van der Waals surface area (Å²) in [4.78, 5) is 19.1. The van der Waals surface area contributed by atoms with Crippen LogP contribution < -0.4 is 5.56 Å². The Labute approximate surface area is 173 Å². The van der Waals surface area contributed by atoms with Gasteiger partial charge in [-0.25, -0.2) is 0 Å². The molecule has 7 heteroatoms. The number of H-pyrrole nitrogens is 1. The zero-order valence-corrected chi connectivity index (χ0v) is 17.0. The molecule has 29 heavy (non-hydrogen) atoms. The average Bonchev–Trinajstić information content (AvgIpc) is 3.22. The second-order valence-electron chi connectivity index (χ2n) is 6.70. The van der Waals surface area contributed by atoms with E-state index in [1.54, 1.807) is 12.3 Å². The maximum Gasteiger partial charge on any atom is 0.264 e. The molecule has 0 radical (unpaired) electrons. The molecule has 0 aliphatic rings. The van der Waals surface area contributed by atoms with Gasteiger partial charge in [-0.15, -0.1) is 6.58 Å². The first-order valence-electron chi connectivity index (χ1n) is 9.28. The number of nitrogens with one attached hydrogen (secondary N) is 1. The van der Waals surface area contributed by atoms with Crippen LogP contribution in [0.5, 0.6) is 5.88 Å². The molecule has 150 valence electrons. The molecule has 0 unspecified atom stereocenters. The minimum atomic E-state index is -0.474. The molecule has 1 aromatic carbocycles. The fraction of sp³-hybridized carbons (Fsp3) is 0.227. The maximum atomic E-state index is 12.2. The van der Waals surface area contributed by atoms with Crippen LogP contribution in [0, 0.1) is 11.7 Å². The molecule has 0 aliphatic heterocycles. The van der Waals surface area contributed by atoms with Crippen molar-refractivity contribution in [1.29, 1.82) is 0 Å². The van der Waals surface area contributed by atoms with Gasteiger partial charge in [-0.1, -0.05) is 35.9 Å². The van der Waals surface area contributed by atoms with E-state index in [0.717, 1.165) is 11.3 Å². The Bertz CT molecular complexity index is 1110. The van der Waals surface area contributed by atoms with Crippen LogP contribution in [0.15, 0.2) is 69.5 Å². The molecule has 6 nitrogen and oxygen atoms in total. The van der Waals surface area contributed by atoms with Crippen LogP contribution in [0.1, 0.15) is 34.8 Å². The van der Waals surface area contributed by atoms with Crippen molar-refractivity contribution in [2.45, 2.75) is 25.8 Å². The Morgan fingerprint density at radius 1 is 1.34 bits per heavy atom. The van der Waals surface area contributed by atoms with Crippen molar-refractivity contribution < 1.29 is 9.52 Å². The van der Waals surface area contributed by atoms with Crippen molar-refractivity contribution in [3.05, 3.63) is 92.9 Å². The van der Waals surface area contributed by atoms with Crippen LogP contribution in [0.4, 0.5) is 0 Å². The third-order valence-electron chi connectivity index (χ3n) is 4.65. The summed E-state index contributed by atoms with van der Waals surface area (Å²) in [5.41, 5.74) is 1.93. The van der Waals surface area contributed by atoms with Crippen LogP contribution in [0.25, 0.3) is 0 Å². The quantitative estimate of drug-likeness (QED) is 0.329. The summed E-state index contributed by atoms with van der Waals surface area (Å²) < 4.78 is 7.15. The molecule has 2 N–H and O–H groups in total. The first kappa shape index (κ1) is 20.5. The van der Waals surface area contributed by atoms with Gasteiger partial charge in [0.1, 0.15) is 11.3 Å². The number of hydrogen-bond donors (Lipinski definition) is 2. The average molecular weight is 410 g/mol. The zero-order chi connectivity index (χ0) is 20.8. The number of rotatable bonds is 8. The SMILES string of the molecule is C=CCn1c(O)c(C=NCC[C@H](c2ccc(C)cc2)c2ccco2)c(=O)[nH]c1=S. The zero-order valence-electron chi connectivity index (χ0n) is 16.2. The number of aromatic amines is 1. The van der Waals surface area contributed by atoms with E-state index in [0.29, 0.717) is 13.0 Å². The topological polar surface area (TPSA) is 83.5 Å². The molecule has 3 rings (SSSR count). The largest absolute Gasteiger partial charge is 0.494 e. The van der Waals surface area contributed by atoms with Gasteiger partial charge in [-0.3, -0.25) is 19.3 Å². The summed E-state index contributed by atoms with van der Waals surface area (Å²) in [7, 11) is 0. The number of aromatic hydroxyl groups is 1. The standard InChI is InChI=1S/C22H23N3O3S/c1-3-12-25-21(27)18(20(26)24-22(25)29)14-23-11-10-17(19-5-4-13-28-19)16-8-6-15(2)7-9-16/h3-9,13-14,17,27H,1,10-12H2,2H3,(H,24,26,29)/t17-/m1/s1. The van der Waals surface area contributed by atoms with Gasteiger partial charge in [0.15, 0.2) is 4.77 Å². The van der Waals surface area contributed by atoms with Crippen LogP contribution in [-0.4, -0.2) is 27.4 Å². The summed E-state index contributed by atoms with van der Waals surface area (Å²) in [6.45, 7) is 6.42.